The van der Waals surface area contributed by atoms with Gasteiger partial charge in [-0.05, 0) is 26.6 Å². The van der Waals surface area contributed by atoms with Crippen molar-refractivity contribution >= 4 is 0 Å². The van der Waals surface area contributed by atoms with Gasteiger partial charge < -0.3 is 20.1 Å². The Hall–Kier alpha value is -0.160. The molecule has 0 fully saturated rings. The Labute approximate surface area is 81.0 Å². The van der Waals surface area contributed by atoms with E-state index >= 15 is 0 Å². The third kappa shape index (κ3) is 11.8. The zero-order chi connectivity index (χ0) is 9.78. The minimum atomic E-state index is 0.680. The highest BCUT2D eigenvalue weighted by molar-refractivity contribution is 4.48. The van der Waals surface area contributed by atoms with Crippen molar-refractivity contribution in [3.63, 3.8) is 0 Å². The van der Waals surface area contributed by atoms with Crippen LogP contribution in [0.3, 0.4) is 0 Å². The molecular formula is C9H22N2O2. The molecule has 2 N–H and O–H groups in total. The maximum atomic E-state index is 5.28. The molecule has 0 bridgehead atoms. The van der Waals surface area contributed by atoms with Crippen molar-refractivity contribution in [1.82, 2.24) is 10.6 Å². The highest BCUT2D eigenvalue weighted by Gasteiger charge is 1.88. The molecule has 0 saturated heterocycles. The average Bonchev–Trinajstić information content (AvgIpc) is 2.16. The molecule has 0 spiro atoms. The Morgan fingerprint density at radius 3 is 2.54 bits per heavy atom. The molecule has 0 unspecified atom stereocenters. The number of nitrogens with one attached hydrogen (secondary N) is 2. The van der Waals surface area contributed by atoms with Gasteiger partial charge in [0.25, 0.3) is 0 Å². The first-order valence-corrected chi connectivity index (χ1v) is 4.83. The molecule has 4 nitrogen and oxygen atoms in total. The second-order valence-electron chi connectivity index (χ2n) is 2.81. The Bertz CT molecular complexity index is 81.7. The van der Waals surface area contributed by atoms with Gasteiger partial charge in [-0.2, -0.15) is 0 Å². The molecule has 0 aliphatic rings. The van der Waals surface area contributed by atoms with Crippen molar-refractivity contribution in [2.45, 2.75) is 6.42 Å². The molecule has 13 heavy (non-hydrogen) atoms. The van der Waals surface area contributed by atoms with E-state index in [0.717, 1.165) is 32.7 Å². The van der Waals surface area contributed by atoms with Crippen LogP contribution in [0.2, 0.25) is 0 Å². The van der Waals surface area contributed by atoms with Gasteiger partial charge in [0, 0.05) is 13.7 Å². The second-order valence-corrected chi connectivity index (χ2v) is 2.81. The van der Waals surface area contributed by atoms with Crippen LogP contribution >= 0.6 is 0 Å². The molecule has 0 heterocycles. The summed E-state index contributed by atoms with van der Waals surface area (Å²) < 4.78 is 10.1. The summed E-state index contributed by atoms with van der Waals surface area (Å²) in [6.45, 7) is 5.18. The molecule has 4 heteroatoms. The minimum absolute atomic E-state index is 0.680. The number of hydrogen-bond donors (Lipinski definition) is 2. The van der Waals surface area contributed by atoms with E-state index in [1.54, 1.807) is 7.11 Å². The fourth-order valence-electron chi connectivity index (χ4n) is 0.904. The third-order valence-electron chi connectivity index (χ3n) is 1.64. The fraction of sp³-hybridized carbons (Fsp3) is 1.00. The monoisotopic (exact) mass is 190 g/mol. The van der Waals surface area contributed by atoms with E-state index in [0.29, 0.717) is 13.2 Å². The van der Waals surface area contributed by atoms with Gasteiger partial charge in [-0.3, -0.25) is 0 Å². The van der Waals surface area contributed by atoms with E-state index < -0.39 is 0 Å². The molecule has 0 aromatic rings. The smallest absolute Gasteiger partial charge is 0.0700 e. The van der Waals surface area contributed by atoms with E-state index in [2.05, 4.69) is 10.6 Å². The molecule has 0 aromatic carbocycles. The minimum Gasteiger partial charge on any atom is -0.382 e. The number of hydrogen-bond acceptors (Lipinski definition) is 4. The lowest BCUT2D eigenvalue weighted by Crippen LogP contribution is -2.24. The van der Waals surface area contributed by atoms with Crippen LogP contribution in [-0.2, 0) is 9.47 Å². The van der Waals surface area contributed by atoms with Crippen LogP contribution in [0.25, 0.3) is 0 Å². The van der Waals surface area contributed by atoms with Gasteiger partial charge in [-0.1, -0.05) is 0 Å². The van der Waals surface area contributed by atoms with Crippen molar-refractivity contribution in [2.24, 2.45) is 0 Å². The molecule has 80 valence electrons. The molecule has 0 aliphatic carbocycles. The van der Waals surface area contributed by atoms with Crippen molar-refractivity contribution in [2.75, 3.05) is 53.6 Å². The van der Waals surface area contributed by atoms with E-state index in [9.17, 15) is 0 Å². The predicted octanol–water partition coefficient (Wildman–Crippen LogP) is -0.151. The normalized spacial score (nSPS) is 10.6. The molecule has 0 radical (unpaired) electrons. The van der Waals surface area contributed by atoms with E-state index in [1.165, 1.54) is 0 Å². The maximum Gasteiger partial charge on any atom is 0.0700 e. The summed E-state index contributed by atoms with van der Waals surface area (Å²) in [7, 11) is 3.65. The van der Waals surface area contributed by atoms with Gasteiger partial charge in [-0.15, -0.1) is 0 Å². The first-order valence-electron chi connectivity index (χ1n) is 4.83. The van der Waals surface area contributed by atoms with E-state index in [1.807, 2.05) is 7.05 Å². The van der Waals surface area contributed by atoms with Crippen LogP contribution in [0.1, 0.15) is 6.42 Å². The summed E-state index contributed by atoms with van der Waals surface area (Å²) >= 11 is 0. The summed E-state index contributed by atoms with van der Waals surface area (Å²) in [6.07, 6.45) is 1.16. The van der Waals surface area contributed by atoms with Crippen molar-refractivity contribution in [3.05, 3.63) is 0 Å². The van der Waals surface area contributed by atoms with Crippen LogP contribution < -0.4 is 10.6 Å². The molecule has 0 aliphatic heterocycles. The van der Waals surface area contributed by atoms with Gasteiger partial charge in [0.05, 0.1) is 19.8 Å². The molecule has 0 saturated carbocycles. The highest BCUT2D eigenvalue weighted by Crippen LogP contribution is 1.76. The SMILES string of the molecule is CNCCCNCCOCCOC. The summed E-state index contributed by atoms with van der Waals surface area (Å²) in [5, 5.41) is 6.39. The Balaban J connectivity index is 2.76. The third-order valence-corrected chi connectivity index (χ3v) is 1.64. The Morgan fingerprint density at radius 1 is 1.00 bits per heavy atom. The molecule has 0 atom stereocenters. The predicted molar refractivity (Wildman–Crippen MR) is 54.1 cm³/mol. The van der Waals surface area contributed by atoms with Crippen molar-refractivity contribution < 1.29 is 9.47 Å². The zero-order valence-corrected chi connectivity index (χ0v) is 8.77. The highest BCUT2D eigenvalue weighted by atomic mass is 16.5. The first kappa shape index (κ1) is 12.8. The van der Waals surface area contributed by atoms with Crippen LogP contribution in [0, 0.1) is 0 Å². The van der Waals surface area contributed by atoms with Crippen LogP contribution in [0.4, 0.5) is 0 Å². The Morgan fingerprint density at radius 2 is 1.85 bits per heavy atom. The maximum absolute atomic E-state index is 5.28. The molecular weight excluding hydrogens is 168 g/mol. The van der Waals surface area contributed by atoms with Crippen LogP contribution in [0.15, 0.2) is 0 Å². The molecule has 0 amide bonds. The largest absolute Gasteiger partial charge is 0.382 e. The van der Waals surface area contributed by atoms with Gasteiger partial charge in [0.2, 0.25) is 0 Å². The van der Waals surface area contributed by atoms with Gasteiger partial charge in [0.1, 0.15) is 0 Å². The molecule has 0 aromatic heterocycles. The lowest BCUT2D eigenvalue weighted by Gasteiger charge is -2.05. The second kappa shape index (κ2) is 11.8. The van der Waals surface area contributed by atoms with Gasteiger partial charge in [-0.25, -0.2) is 0 Å². The van der Waals surface area contributed by atoms with E-state index in [-0.39, 0.29) is 0 Å². The van der Waals surface area contributed by atoms with Gasteiger partial charge in [0.15, 0.2) is 0 Å². The first-order chi connectivity index (χ1) is 6.41. The Kier molecular flexibility index (Phi) is 11.7. The lowest BCUT2D eigenvalue weighted by atomic mass is 10.4. The van der Waals surface area contributed by atoms with Gasteiger partial charge >= 0.3 is 0 Å². The van der Waals surface area contributed by atoms with E-state index in [4.69, 9.17) is 9.47 Å². The van der Waals surface area contributed by atoms with Crippen molar-refractivity contribution in [1.29, 1.82) is 0 Å². The topological polar surface area (TPSA) is 42.5 Å². The number of methoxy groups -OCH3 is 1. The van der Waals surface area contributed by atoms with Crippen molar-refractivity contribution in [3.8, 4) is 0 Å². The fourth-order valence-corrected chi connectivity index (χ4v) is 0.904. The van der Waals surface area contributed by atoms with Crippen LogP contribution in [-0.4, -0.2) is 53.6 Å². The number of ether oxygens (including phenoxy) is 2. The zero-order valence-electron chi connectivity index (χ0n) is 8.77. The lowest BCUT2D eigenvalue weighted by molar-refractivity contribution is 0.0720. The quantitative estimate of drug-likeness (QED) is 0.470. The summed E-state index contributed by atoms with van der Waals surface area (Å²) in [5.74, 6) is 0. The molecule has 0 rings (SSSR count). The standard InChI is InChI=1S/C9H22N2O2/c1-10-4-3-5-11-6-7-13-9-8-12-2/h10-11H,3-9H2,1-2H3. The van der Waals surface area contributed by atoms with Crippen LogP contribution in [0.5, 0.6) is 0 Å². The average molecular weight is 190 g/mol. The summed E-state index contributed by atoms with van der Waals surface area (Å²) in [4.78, 5) is 0. The summed E-state index contributed by atoms with van der Waals surface area (Å²) in [6, 6.07) is 0. The summed E-state index contributed by atoms with van der Waals surface area (Å²) in [5.41, 5.74) is 0. The number of rotatable bonds is 10.